The second-order valence-electron chi connectivity index (χ2n) is 5.74. The van der Waals surface area contributed by atoms with Gasteiger partial charge in [0.1, 0.15) is 6.33 Å². The molecule has 2 heterocycles. The van der Waals surface area contributed by atoms with E-state index in [1.54, 1.807) is 6.33 Å². The van der Waals surface area contributed by atoms with Crippen LogP contribution in [0.15, 0.2) is 48.8 Å². The summed E-state index contributed by atoms with van der Waals surface area (Å²) in [5, 5.41) is 8.23. The van der Waals surface area contributed by atoms with E-state index in [-0.39, 0.29) is 0 Å². The smallest absolute Gasteiger partial charge is 0.182 e. The Hall–Kier alpha value is -2.79. The van der Waals surface area contributed by atoms with Gasteiger partial charge in [0.25, 0.3) is 0 Å². The molecule has 4 rings (SSSR count). The summed E-state index contributed by atoms with van der Waals surface area (Å²) in [5.41, 5.74) is 6.96. The summed E-state index contributed by atoms with van der Waals surface area (Å²) in [7, 11) is 0. The van der Waals surface area contributed by atoms with Gasteiger partial charge in [-0.3, -0.25) is 4.40 Å². The summed E-state index contributed by atoms with van der Waals surface area (Å²) in [6.07, 6.45) is 1.74. The van der Waals surface area contributed by atoms with Crippen LogP contribution in [0.2, 0.25) is 0 Å². The lowest BCUT2D eigenvalue weighted by atomic mass is 10.0. The predicted octanol–water partition coefficient (Wildman–Crippen LogP) is 3.79. The van der Waals surface area contributed by atoms with Crippen molar-refractivity contribution in [2.75, 3.05) is 6.61 Å². The van der Waals surface area contributed by atoms with Crippen molar-refractivity contribution in [3.05, 3.63) is 60.0 Å². The number of benzene rings is 2. The van der Waals surface area contributed by atoms with Gasteiger partial charge < -0.3 is 4.74 Å². The van der Waals surface area contributed by atoms with E-state index < -0.39 is 0 Å². The predicted molar refractivity (Wildman–Crippen MR) is 93.8 cm³/mol. The molecular weight excluding hydrogens is 300 g/mol. The summed E-state index contributed by atoms with van der Waals surface area (Å²) in [5.74, 6) is 0. The Balaban J connectivity index is 2.06. The van der Waals surface area contributed by atoms with E-state index in [9.17, 15) is 0 Å². The number of ether oxygens (including phenoxy) is 1. The zero-order valence-electron chi connectivity index (χ0n) is 13.7. The Morgan fingerprint density at radius 1 is 1.12 bits per heavy atom. The molecule has 0 spiro atoms. The minimum absolute atomic E-state index is 0.573. The van der Waals surface area contributed by atoms with Crippen molar-refractivity contribution >= 4 is 16.7 Å². The molecule has 0 saturated heterocycles. The largest absolute Gasteiger partial charge is 0.377 e. The maximum Gasteiger partial charge on any atom is 0.182 e. The fourth-order valence-electron chi connectivity index (χ4n) is 3.00. The molecule has 5 heteroatoms. The molecule has 0 N–H and O–H groups in total. The summed E-state index contributed by atoms with van der Waals surface area (Å²) in [6, 6.07) is 14.6. The van der Waals surface area contributed by atoms with Crippen LogP contribution in [-0.2, 0) is 11.3 Å². The zero-order chi connectivity index (χ0) is 16.5. The zero-order valence-corrected chi connectivity index (χ0v) is 13.7. The molecule has 0 aliphatic heterocycles. The highest BCUT2D eigenvalue weighted by molar-refractivity contribution is 5.93. The van der Waals surface area contributed by atoms with Gasteiger partial charge >= 0.3 is 0 Å². The van der Waals surface area contributed by atoms with Gasteiger partial charge in [0.15, 0.2) is 5.65 Å². The highest BCUT2D eigenvalue weighted by Crippen LogP contribution is 2.30. The Bertz CT molecular complexity index is 1010. The number of aromatic nitrogens is 4. The van der Waals surface area contributed by atoms with Crippen molar-refractivity contribution in [3.8, 4) is 11.1 Å². The molecule has 0 saturated carbocycles. The van der Waals surface area contributed by atoms with Crippen LogP contribution in [0.5, 0.6) is 0 Å². The van der Waals surface area contributed by atoms with Crippen molar-refractivity contribution in [1.29, 1.82) is 0 Å². The van der Waals surface area contributed by atoms with Gasteiger partial charge in [-0.15, -0.1) is 10.2 Å². The number of fused-ring (bicyclic) bond motifs is 3. The lowest BCUT2D eigenvalue weighted by molar-refractivity contribution is 0.134. The molecule has 0 amide bonds. The standard InChI is InChI=1S/C19H18N4O/c1-3-24-11-14-9-16(15-7-5-4-6-8-15)18-17(10-14)23-12-20-22-19(23)13(2)21-18/h4-10,12H,3,11H2,1-2H3. The Morgan fingerprint density at radius 2 is 1.96 bits per heavy atom. The second-order valence-corrected chi connectivity index (χ2v) is 5.74. The fraction of sp³-hybridized carbons (Fsp3) is 0.211. The van der Waals surface area contributed by atoms with Crippen LogP contribution in [0.3, 0.4) is 0 Å². The van der Waals surface area contributed by atoms with Crippen LogP contribution < -0.4 is 0 Å². The molecule has 0 aliphatic carbocycles. The molecule has 2 aromatic heterocycles. The second kappa shape index (κ2) is 6.02. The van der Waals surface area contributed by atoms with Crippen LogP contribution in [0.25, 0.3) is 27.8 Å². The van der Waals surface area contributed by atoms with Crippen LogP contribution in [0.4, 0.5) is 0 Å². The van der Waals surface area contributed by atoms with Gasteiger partial charge in [0, 0.05) is 12.2 Å². The molecular formula is C19H18N4O. The number of aryl methyl sites for hydroxylation is 1. The summed E-state index contributed by atoms with van der Waals surface area (Å²) >= 11 is 0. The normalized spacial score (nSPS) is 11.4. The van der Waals surface area contributed by atoms with Crippen molar-refractivity contribution < 1.29 is 4.74 Å². The minimum Gasteiger partial charge on any atom is -0.377 e. The third kappa shape index (κ3) is 2.43. The average Bonchev–Trinajstić information content (AvgIpc) is 3.11. The average molecular weight is 318 g/mol. The number of rotatable bonds is 4. The Labute approximate surface area is 139 Å². The maximum absolute atomic E-state index is 5.62. The Kier molecular flexibility index (Phi) is 3.70. The first-order chi connectivity index (χ1) is 11.8. The lowest BCUT2D eigenvalue weighted by Crippen LogP contribution is -2.00. The minimum atomic E-state index is 0.573. The van der Waals surface area contributed by atoms with Crippen LogP contribution in [-0.4, -0.2) is 26.2 Å². The molecule has 120 valence electrons. The molecule has 4 aromatic rings. The van der Waals surface area contributed by atoms with Crippen molar-refractivity contribution in [2.24, 2.45) is 0 Å². The molecule has 5 nitrogen and oxygen atoms in total. The SMILES string of the molecule is CCOCc1cc(-c2ccccc2)c2nc(C)c3nncn3c2c1. The maximum atomic E-state index is 5.62. The van der Waals surface area contributed by atoms with Gasteiger partial charge in [0.05, 0.1) is 23.3 Å². The first-order valence-corrected chi connectivity index (χ1v) is 8.04. The van der Waals surface area contributed by atoms with Gasteiger partial charge in [-0.2, -0.15) is 0 Å². The van der Waals surface area contributed by atoms with E-state index in [1.807, 2.05) is 36.4 Å². The van der Waals surface area contributed by atoms with Crippen molar-refractivity contribution in [3.63, 3.8) is 0 Å². The lowest BCUT2D eigenvalue weighted by Gasteiger charge is -2.12. The molecule has 0 fully saturated rings. The van der Waals surface area contributed by atoms with Crippen molar-refractivity contribution in [2.45, 2.75) is 20.5 Å². The van der Waals surface area contributed by atoms with E-state index in [0.717, 1.165) is 39.1 Å². The van der Waals surface area contributed by atoms with E-state index >= 15 is 0 Å². The third-order valence-corrected chi connectivity index (χ3v) is 4.12. The Morgan fingerprint density at radius 3 is 2.75 bits per heavy atom. The van der Waals surface area contributed by atoms with Crippen LogP contribution >= 0.6 is 0 Å². The first kappa shape index (κ1) is 14.8. The van der Waals surface area contributed by atoms with Crippen LogP contribution in [0, 0.1) is 6.92 Å². The molecule has 0 atom stereocenters. The van der Waals surface area contributed by atoms with Gasteiger partial charge in [-0.05, 0) is 37.1 Å². The molecule has 0 aliphatic rings. The highest BCUT2D eigenvalue weighted by Gasteiger charge is 2.13. The molecule has 0 unspecified atom stereocenters. The number of hydrogen-bond acceptors (Lipinski definition) is 4. The highest BCUT2D eigenvalue weighted by atomic mass is 16.5. The van der Waals surface area contributed by atoms with E-state index in [1.165, 1.54) is 0 Å². The molecule has 0 bridgehead atoms. The molecule has 0 radical (unpaired) electrons. The quantitative estimate of drug-likeness (QED) is 0.574. The summed E-state index contributed by atoms with van der Waals surface area (Å²) in [6.45, 7) is 5.23. The van der Waals surface area contributed by atoms with Gasteiger partial charge in [-0.25, -0.2) is 4.98 Å². The molecule has 24 heavy (non-hydrogen) atoms. The number of hydrogen-bond donors (Lipinski definition) is 0. The topological polar surface area (TPSA) is 52.3 Å². The number of nitrogens with zero attached hydrogens (tertiary/aromatic N) is 4. The van der Waals surface area contributed by atoms with Crippen LogP contribution in [0.1, 0.15) is 18.2 Å². The van der Waals surface area contributed by atoms with Crippen molar-refractivity contribution in [1.82, 2.24) is 19.6 Å². The van der Waals surface area contributed by atoms with E-state index in [4.69, 9.17) is 9.72 Å². The van der Waals surface area contributed by atoms with Gasteiger partial charge in [-0.1, -0.05) is 30.3 Å². The van der Waals surface area contributed by atoms with Gasteiger partial charge in [0.2, 0.25) is 0 Å². The monoisotopic (exact) mass is 318 g/mol. The molecule has 2 aromatic carbocycles. The summed E-state index contributed by atoms with van der Waals surface area (Å²) < 4.78 is 7.62. The van der Waals surface area contributed by atoms with E-state index in [2.05, 4.69) is 34.5 Å². The third-order valence-electron chi connectivity index (χ3n) is 4.12. The summed E-state index contributed by atoms with van der Waals surface area (Å²) in [4.78, 5) is 4.81. The first-order valence-electron chi connectivity index (χ1n) is 8.04. The van der Waals surface area contributed by atoms with E-state index in [0.29, 0.717) is 13.2 Å². The fourth-order valence-corrected chi connectivity index (χ4v) is 3.00.